The maximum absolute atomic E-state index is 11.1. The summed E-state index contributed by atoms with van der Waals surface area (Å²) in [6.45, 7) is 0. The number of nitro groups is 1. The van der Waals surface area contributed by atoms with E-state index in [1.165, 1.54) is 43.5 Å². The number of oxime groups is 1. The van der Waals surface area contributed by atoms with Crippen molar-refractivity contribution in [1.29, 1.82) is 0 Å². The number of nitrogens with zero attached hydrogens (tertiary/aromatic N) is 2. The van der Waals surface area contributed by atoms with E-state index in [0.29, 0.717) is 16.4 Å². The van der Waals surface area contributed by atoms with Crippen LogP contribution in [0.15, 0.2) is 28.3 Å². The first kappa shape index (κ1) is 14.6. The van der Waals surface area contributed by atoms with Crippen LogP contribution >= 0.6 is 11.8 Å². The van der Waals surface area contributed by atoms with Gasteiger partial charge in [0.2, 0.25) is 0 Å². The molecule has 1 aromatic carbocycles. The Bertz CT molecular complexity index is 528. The van der Waals surface area contributed by atoms with Gasteiger partial charge in [0, 0.05) is 17.4 Å². The normalized spacial score (nSPS) is 16.5. The van der Waals surface area contributed by atoms with Gasteiger partial charge in [0.05, 0.1) is 9.82 Å². The second-order valence-electron chi connectivity index (χ2n) is 4.89. The zero-order valence-electron chi connectivity index (χ0n) is 11.0. The van der Waals surface area contributed by atoms with Crippen LogP contribution in [0, 0.1) is 16.0 Å². The minimum atomic E-state index is -0.425. The Morgan fingerprint density at radius 1 is 1.50 bits per heavy atom. The minimum absolute atomic E-state index is 0.0112. The second-order valence-corrected chi connectivity index (χ2v) is 5.95. The fraction of sp³-hybridized carbons (Fsp3) is 0.462. The van der Waals surface area contributed by atoms with Gasteiger partial charge >= 0.3 is 0 Å². The molecule has 1 aliphatic rings. The zero-order chi connectivity index (χ0) is 14.5. The van der Waals surface area contributed by atoms with Crippen molar-refractivity contribution in [1.82, 2.24) is 0 Å². The van der Waals surface area contributed by atoms with Crippen LogP contribution in [0.25, 0.3) is 0 Å². The summed E-state index contributed by atoms with van der Waals surface area (Å²) in [5.74, 6) is 1.44. The molecular formula is C13H17N3O3S. The highest BCUT2D eigenvalue weighted by Crippen LogP contribution is 2.35. The van der Waals surface area contributed by atoms with Gasteiger partial charge in [0.15, 0.2) is 5.84 Å². The quantitative estimate of drug-likeness (QED) is 0.217. The topological polar surface area (TPSA) is 102 Å². The summed E-state index contributed by atoms with van der Waals surface area (Å²) < 4.78 is 0. The maximum atomic E-state index is 11.1. The molecule has 0 radical (unpaired) electrons. The predicted octanol–water partition coefficient (Wildman–Crippen LogP) is 2.97. The van der Waals surface area contributed by atoms with Crippen LogP contribution in [-0.4, -0.2) is 21.7 Å². The van der Waals surface area contributed by atoms with Crippen molar-refractivity contribution in [3.05, 3.63) is 33.9 Å². The van der Waals surface area contributed by atoms with Crippen LogP contribution in [0.5, 0.6) is 0 Å². The molecule has 0 bridgehead atoms. The van der Waals surface area contributed by atoms with Crippen molar-refractivity contribution in [2.24, 2.45) is 16.8 Å². The van der Waals surface area contributed by atoms with E-state index in [4.69, 9.17) is 10.9 Å². The molecule has 0 aromatic heterocycles. The Labute approximate surface area is 121 Å². The lowest BCUT2D eigenvalue weighted by Gasteiger charge is -2.09. The number of nitro benzene ring substituents is 1. The molecular weight excluding hydrogens is 278 g/mol. The molecule has 6 nitrogen and oxygen atoms in total. The summed E-state index contributed by atoms with van der Waals surface area (Å²) >= 11 is 1.52. The Balaban J connectivity index is 2.16. The molecule has 108 valence electrons. The van der Waals surface area contributed by atoms with Gasteiger partial charge in [-0.2, -0.15) is 0 Å². The molecule has 7 heteroatoms. The molecule has 1 aliphatic carbocycles. The lowest BCUT2D eigenvalue weighted by Crippen LogP contribution is -2.13. The summed E-state index contributed by atoms with van der Waals surface area (Å²) in [4.78, 5) is 11.3. The van der Waals surface area contributed by atoms with Gasteiger partial charge in [0.25, 0.3) is 5.69 Å². The molecule has 1 aromatic rings. The van der Waals surface area contributed by atoms with Gasteiger partial charge in [-0.15, -0.1) is 11.8 Å². The molecule has 0 unspecified atom stereocenters. The number of nitrogens with two attached hydrogens (primary N) is 1. The van der Waals surface area contributed by atoms with Crippen LogP contribution in [0.4, 0.5) is 5.69 Å². The summed E-state index contributed by atoms with van der Waals surface area (Å²) in [6, 6.07) is 4.66. The van der Waals surface area contributed by atoms with E-state index in [-0.39, 0.29) is 11.5 Å². The van der Waals surface area contributed by atoms with Gasteiger partial charge in [-0.1, -0.05) is 18.0 Å². The largest absolute Gasteiger partial charge is 0.409 e. The van der Waals surface area contributed by atoms with E-state index in [0.717, 1.165) is 5.75 Å². The third-order valence-corrected chi connectivity index (χ3v) is 4.80. The number of amidine groups is 1. The molecule has 1 fully saturated rings. The van der Waals surface area contributed by atoms with Crippen molar-refractivity contribution in [3.63, 3.8) is 0 Å². The Morgan fingerprint density at radius 3 is 2.80 bits per heavy atom. The average Bonchev–Trinajstić information content (AvgIpc) is 2.97. The number of benzene rings is 1. The minimum Gasteiger partial charge on any atom is -0.409 e. The standard InChI is InChI=1S/C13H17N3O3S/c14-13(15-17)10-5-6-12(11(7-10)16(18)19)20-8-9-3-1-2-4-9/h5-7,9,17H,1-4,8H2,(H2,14,15). The third-order valence-electron chi connectivity index (χ3n) is 3.51. The van der Waals surface area contributed by atoms with Crippen LogP contribution in [0.3, 0.4) is 0 Å². The van der Waals surface area contributed by atoms with E-state index < -0.39 is 4.92 Å². The van der Waals surface area contributed by atoms with Crippen molar-refractivity contribution in [2.75, 3.05) is 5.75 Å². The van der Waals surface area contributed by atoms with Gasteiger partial charge in [-0.25, -0.2) is 0 Å². The Morgan fingerprint density at radius 2 is 2.20 bits per heavy atom. The Hall–Kier alpha value is -1.76. The summed E-state index contributed by atoms with van der Waals surface area (Å²) in [5, 5.41) is 22.6. The SMILES string of the molecule is NC(=NO)c1ccc(SCC2CCCC2)c([N+](=O)[O-])c1. The predicted molar refractivity (Wildman–Crippen MR) is 78.3 cm³/mol. The number of hydrogen-bond acceptors (Lipinski definition) is 5. The molecule has 1 saturated carbocycles. The van der Waals surface area contributed by atoms with Gasteiger partial charge in [-0.05, 0) is 30.9 Å². The van der Waals surface area contributed by atoms with Crippen molar-refractivity contribution in [2.45, 2.75) is 30.6 Å². The van der Waals surface area contributed by atoms with E-state index in [1.54, 1.807) is 12.1 Å². The van der Waals surface area contributed by atoms with Crippen LogP contribution < -0.4 is 5.73 Å². The van der Waals surface area contributed by atoms with Gasteiger partial charge in [0.1, 0.15) is 0 Å². The highest BCUT2D eigenvalue weighted by atomic mass is 32.2. The van der Waals surface area contributed by atoms with Crippen LogP contribution in [-0.2, 0) is 0 Å². The maximum Gasteiger partial charge on any atom is 0.283 e. The van der Waals surface area contributed by atoms with Gasteiger partial charge < -0.3 is 10.9 Å². The smallest absolute Gasteiger partial charge is 0.283 e. The first-order valence-electron chi connectivity index (χ1n) is 6.51. The van der Waals surface area contributed by atoms with E-state index in [2.05, 4.69) is 5.16 Å². The van der Waals surface area contributed by atoms with Crippen molar-refractivity contribution < 1.29 is 10.1 Å². The average molecular weight is 295 g/mol. The van der Waals surface area contributed by atoms with E-state index >= 15 is 0 Å². The molecule has 0 aliphatic heterocycles. The highest BCUT2D eigenvalue weighted by molar-refractivity contribution is 7.99. The van der Waals surface area contributed by atoms with Crippen LogP contribution in [0.1, 0.15) is 31.2 Å². The lowest BCUT2D eigenvalue weighted by atomic mass is 10.1. The molecule has 0 spiro atoms. The number of thioether (sulfide) groups is 1. The highest BCUT2D eigenvalue weighted by Gasteiger charge is 2.20. The first-order chi connectivity index (χ1) is 9.61. The third kappa shape index (κ3) is 3.41. The molecule has 0 saturated heterocycles. The van der Waals surface area contributed by atoms with Gasteiger partial charge in [-0.3, -0.25) is 10.1 Å². The molecule has 0 amide bonds. The molecule has 20 heavy (non-hydrogen) atoms. The number of hydrogen-bond donors (Lipinski definition) is 2. The molecule has 2 rings (SSSR count). The van der Waals surface area contributed by atoms with Crippen LogP contribution in [0.2, 0.25) is 0 Å². The summed E-state index contributed by atoms with van der Waals surface area (Å²) in [6.07, 6.45) is 4.94. The number of rotatable bonds is 5. The molecule has 0 atom stereocenters. The Kier molecular flexibility index (Phi) is 4.84. The second kappa shape index (κ2) is 6.60. The fourth-order valence-electron chi connectivity index (χ4n) is 2.38. The zero-order valence-corrected chi connectivity index (χ0v) is 11.8. The summed E-state index contributed by atoms with van der Waals surface area (Å²) in [7, 11) is 0. The molecule has 0 heterocycles. The van der Waals surface area contributed by atoms with E-state index in [9.17, 15) is 10.1 Å². The fourth-order valence-corrected chi connectivity index (χ4v) is 3.58. The lowest BCUT2D eigenvalue weighted by molar-refractivity contribution is -0.387. The van der Waals surface area contributed by atoms with Crippen molar-refractivity contribution in [3.8, 4) is 0 Å². The first-order valence-corrected chi connectivity index (χ1v) is 7.49. The molecule has 3 N–H and O–H groups in total. The van der Waals surface area contributed by atoms with Crippen molar-refractivity contribution >= 4 is 23.3 Å². The summed E-state index contributed by atoms with van der Waals surface area (Å²) in [5.41, 5.74) is 5.82. The monoisotopic (exact) mass is 295 g/mol. The van der Waals surface area contributed by atoms with E-state index in [1.807, 2.05) is 0 Å².